The van der Waals surface area contributed by atoms with Gasteiger partial charge in [0, 0.05) is 25.2 Å². The Morgan fingerprint density at radius 2 is 1.76 bits per heavy atom. The van der Waals surface area contributed by atoms with Crippen LogP contribution in [0.3, 0.4) is 0 Å². The maximum atomic E-state index is 12.9. The normalized spacial score (nSPS) is 16.4. The second-order valence-corrected chi connectivity index (χ2v) is 10.5. The highest BCUT2D eigenvalue weighted by Crippen LogP contribution is 2.26. The highest BCUT2D eigenvalue weighted by Gasteiger charge is 2.28. The van der Waals surface area contributed by atoms with Crippen LogP contribution in [0.1, 0.15) is 48.9 Å². The summed E-state index contributed by atoms with van der Waals surface area (Å²) < 4.78 is 32.8. The molecule has 1 aliphatic heterocycles. The lowest BCUT2D eigenvalue weighted by Crippen LogP contribution is -2.37. The molecule has 2 heterocycles. The summed E-state index contributed by atoms with van der Waals surface area (Å²) in [6, 6.07) is 16.2. The molecule has 1 atom stereocenters. The molecule has 8 nitrogen and oxygen atoms in total. The number of piperidine rings is 1. The number of sulfonamides is 1. The number of carbonyl (C=O) groups excluding carboxylic acids is 1. The van der Waals surface area contributed by atoms with E-state index in [-0.39, 0.29) is 22.6 Å². The molecule has 1 fully saturated rings. The highest BCUT2D eigenvalue weighted by molar-refractivity contribution is 7.89. The summed E-state index contributed by atoms with van der Waals surface area (Å²) >= 11 is 0. The quantitative estimate of drug-likeness (QED) is 0.567. The Morgan fingerprint density at radius 1 is 1.09 bits per heavy atom. The van der Waals surface area contributed by atoms with Crippen molar-refractivity contribution < 1.29 is 17.6 Å². The lowest BCUT2D eigenvalue weighted by molar-refractivity contribution is 0.0917. The molecule has 9 heteroatoms. The van der Waals surface area contributed by atoms with Crippen LogP contribution in [-0.4, -0.2) is 48.5 Å². The topological polar surface area (TPSA) is 105 Å². The van der Waals surface area contributed by atoms with E-state index in [1.807, 2.05) is 37.3 Å². The molecule has 1 aromatic heterocycles. The summed E-state index contributed by atoms with van der Waals surface area (Å²) in [5.74, 6) is 0.255. The van der Waals surface area contributed by atoms with E-state index in [1.54, 1.807) is 12.1 Å². The van der Waals surface area contributed by atoms with Gasteiger partial charge >= 0.3 is 11.8 Å². The number of hydrogen-bond donors (Lipinski definition) is 1. The molecule has 0 aliphatic carbocycles. The Hall–Kier alpha value is -3.04. The molecule has 3 aromatic rings. The number of carbonyl (C=O) groups is 1. The minimum atomic E-state index is -3.53. The molecule has 2 aromatic carbocycles. The molecule has 33 heavy (non-hydrogen) atoms. The molecular formula is C24H28N4O4S. The molecule has 0 radical (unpaired) electrons. The van der Waals surface area contributed by atoms with Gasteiger partial charge in [0.1, 0.15) is 0 Å². The zero-order valence-corrected chi connectivity index (χ0v) is 19.6. The van der Waals surface area contributed by atoms with Crippen molar-refractivity contribution in [2.45, 2.75) is 37.5 Å². The minimum absolute atomic E-state index is 0.134. The van der Waals surface area contributed by atoms with Crippen LogP contribution in [0.2, 0.25) is 0 Å². The molecule has 1 saturated heterocycles. The van der Waals surface area contributed by atoms with Gasteiger partial charge in [-0.3, -0.25) is 4.79 Å². The second kappa shape index (κ2) is 9.84. The van der Waals surface area contributed by atoms with Crippen LogP contribution in [0.25, 0.3) is 11.5 Å². The van der Waals surface area contributed by atoms with Gasteiger partial charge in [-0.05, 0) is 54.5 Å². The van der Waals surface area contributed by atoms with Crippen molar-refractivity contribution in [3.05, 3.63) is 66.1 Å². The zero-order chi connectivity index (χ0) is 23.4. The van der Waals surface area contributed by atoms with Gasteiger partial charge in [0.15, 0.2) is 0 Å². The number of hydrogen-bond acceptors (Lipinski definition) is 6. The predicted octanol–water partition coefficient (Wildman–Crippen LogP) is 3.69. The van der Waals surface area contributed by atoms with Crippen LogP contribution < -0.4 is 5.32 Å². The SMILES string of the molecule is CC1CCN(S(=O)(=O)c2ccc(-c3nnc(C(=O)NCC(C)c4ccccc4)o3)cc2)CC1. The molecule has 1 N–H and O–H groups in total. The molecule has 0 spiro atoms. The van der Waals surface area contributed by atoms with Crippen molar-refractivity contribution in [2.75, 3.05) is 19.6 Å². The Morgan fingerprint density at radius 3 is 2.42 bits per heavy atom. The van der Waals surface area contributed by atoms with Crippen LogP contribution in [0.4, 0.5) is 0 Å². The molecule has 1 unspecified atom stereocenters. The van der Waals surface area contributed by atoms with Gasteiger partial charge in [-0.15, -0.1) is 10.2 Å². The first-order valence-corrected chi connectivity index (χ1v) is 12.6. The van der Waals surface area contributed by atoms with Gasteiger partial charge in [-0.2, -0.15) is 4.31 Å². The number of nitrogens with zero attached hydrogens (tertiary/aromatic N) is 3. The van der Waals surface area contributed by atoms with Crippen LogP contribution in [0.15, 0.2) is 63.9 Å². The van der Waals surface area contributed by atoms with E-state index < -0.39 is 15.9 Å². The Labute approximate surface area is 194 Å². The van der Waals surface area contributed by atoms with Crippen LogP contribution in [-0.2, 0) is 10.0 Å². The third-order valence-electron chi connectivity index (χ3n) is 6.04. The summed E-state index contributed by atoms with van der Waals surface area (Å²) in [5, 5.41) is 10.6. The van der Waals surface area contributed by atoms with Crippen LogP contribution in [0, 0.1) is 5.92 Å². The Bertz CT molecular complexity index is 1180. The third-order valence-corrected chi connectivity index (χ3v) is 7.95. The maximum absolute atomic E-state index is 12.9. The van der Waals surface area contributed by atoms with Crippen molar-refractivity contribution in [1.82, 2.24) is 19.8 Å². The molecule has 1 amide bonds. The molecule has 1 aliphatic rings. The largest absolute Gasteiger partial charge is 0.412 e. The molecule has 174 valence electrons. The van der Waals surface area contributed by atoms with E-state index in [0.29, 0.717) is 31.1 Å². The minimum Gasteiger partial charge on any atom is -0.412 e. The van der Waals surface area contributed by atoms with Gasteiger partial charge < -0.3 is 9.73 Å². The molecular weight excluding hydrogens is 440 g/mol. The average molecular weight is 469 g/mol. The smallest absolute Gasteiger partial charge is 0.308 e. The van der Waals surface area contributed by atoms with E-state index in [2.05, 4.69) is 22.4 Å². The van der Waals surface area contributed by atoms with E-state index in [1.165, 1.54) is 16.4 Å². The van der Waals surface area contributed by atoms with Crippen molar-refractivity contribution in [3.63, 3.8) is 0 Å². The number of benzene rings is 2. The Kier molecular flexibility index (Phi) is 6.90. The van der Waals surface area contributed by atoms with E-state index >= 15 is 0 Å². The van der Waals surface area contributed by atoms with E-state index in [9.17, 15) is 13.2 Å². The number of nitrogens with one attached hydrogen (secondary N) is 1. The fraction of sp³-hybridized carbons (Fsp3) is 0.375. The predicted molar refractivity (Wildman–Crippen MR) is 124 cm³/mol. The second-order valence-electron chi connectivity index (χ2n) is 8.55. The van der Waals surface area contributed by atoms with Gasteiger partial charge in [0.25, 0.3) is 0 Å². The van der Waals surface area contributed by atoms with Gasteiger partial charge in [0.05, 0.1) is 4.90 Å². The first-order chi connectivity index (χ1) is 15.8. The third kappa shape index (κ3) is 5.31. The van der Waals surface area contributed by atoms with Crippen molar-refractivity contribution in [3.8, 4) is 11.5 Å². The zero-order valence-electron chi connectivity index (χ0n) is 18.8. The van der Waals surface area contributed by atoms with Gasteiger partial charge in [-0.25, -0.2) is 8.42 Å². The maximum Gasteiger partial charge on any atom is 0.308 e. The van der Waals surface area contributed by atoms with Crippen LogP contribution >= 0.6 is 0 Å². The lowest BCUT2D eigenvalue weighted by atomic mass is 10.0. The number of aromatic nitrogens is 2. The summed E-state index contributed by atoms with van der Waals surface area (Å²) in [5.41, 5.74) is 1.67. The van der Waals surface area contributed by atoms with E-state index in [0.717, 1.165) is 18.4 Å². The fourth-order valence-electron chi connectivity index (χ4n) is 3.80. The summed E-state index contributed by atoms with van der Waals surface area (Å²) in [7, 11) is -3.53. The molecule has 0 saturated carbocycles. The first-order valence-electron chi connectivity index (χ1n) is 11.1. The number of amides is 1. The number of rotatable bonds is 7. The lowest BCUT2D eigenvalue weighted by Gasteiger charge is -2.29. The summed E-state index contributed by atoms with van der Waals surface area (Å²) in [6.45, 7) is 5.67. The standard InChI is InChI=1S/C24H28N4O4S/c1-17-12-14-28(15-13-17)33(30,31)21-10-8-20(9-11-21)23-26-27-24(32-23)22(29)25-16-18(2)19-6-4-3-5-7-19/h3-11,17-18H,12-16H2,1-2H3,(H,25,29). The van der Waals surface area contributed by atoms with Crippen molar-refractivity contribution in [2.24, 2.45) is 5.92 Å². The van der Waals surface area contributed by atoms with Crippen LogP contribution in [0.5, 0.6) is 0 Å². The monoisotopic (exact) mass is 468 g/mol. The fourth-order valence-corrected chi connectivity index (χ4v) is 5.27. The summed E-state index contributed by atoms with van der Waals surface area (Å²) in [4.78, 5) is 12.6. The van der Waals surface area contributed by atoms with Crippen molar-refractivity contribution in [1.29, 1.82) is 0 Å². The van der Waals surface area contributed by atoms with Crippen molar-refractivity contribution >= 4 is 15.9 Å². The van der Waals surface area contributed by atoms with Gasteiger partial charge in [-0.1, -0.05) is 44.2 Å². The van der Waals surface area contributed by atoms with E-state index in [4.69, 9.17) is 4.42 Å². The molecule has 0 bridgehead atoms. The summed E-state index contributed by atoms with van der Waals surface area (Å²) in [6.07, 6.45) is 1.74. The molecule has 4 rings (SSSR count). The Balaban J connectivity index is 1.39. The van der Waals surface area contributed by atoms with Gasteiger partial charge in [0.2, 0.25) is 15.9 Å². The highest BCUT2D eigenvalue weighted by atomic mass is 32.2. The average Bonchev–Trinajstić information content (AvgIpc) is 3.34. The first kappa shape index (κ1) is 23.1.